The van der Waals surface area contributed by atoms with Crippen LogP contribution in [0.5, 0.6) is 0 Å². The van der Waals surface area contributed by atoms with Gasteiger partial charge in [0.2, 0.25) is 0 Å². The molecule has 0 spiro atoms. The van der Waals surface area contributed by atoms with E-state index in [4.69, 9.17) is 0 Å². The van der Waals surface area contributed by atoms with E-state index in [-0.39, 0.29) is 11.8 Å². The van der Waals surface area contributed by atoms with Crippen LogP contribution >= 0.6 is 22.7 Å². The predicted molar refractivity (Wildman–Crippen MR) is 236 cm³/mol. The molecule has 4 rings (SSSR count). The Morgan fingerprint density at radius 2 is 0.759 bits per heavy atom. The average Bonchev–Trinajstić information content (AvgIpc) is 3.92. The summed E-state index contributed by atoms with van der Waals surface area (Å²) in [7, 11) is 0. The maximum atomic E-state index is 15.1. The summed E-state index contributed by atoms with van der Waals surface area (Å²) >= 11 is 3.39. The first-order valence-electron chi connectivity index (χ1n) is 22.6. The Bertz CT molecular complexity index is 1370. The molecule has 0 saturated heterocycles. The number of thiophene rings is 2. The summed E-state index contributed by atoms with van der Waals surface area (Å²) in [6, 6.07) is 4.42. The molecule has 4 heterocycles. The third kappa shape index (κ3) is 12.9. The van der Waals surface area contributed by atoms with Crippen LogP contribution in [0, 0.1) is 25.7 Å². The van der Waals surface area contributed by atoms with Crippen molar-refractivity contribution in [2.45, 2.75) is 196 Å². The van der Waals surface area contributed by atoms with E-state index < -0.39 is 0 Å². The molecule has 0 N–H and O–H groups in total. The molecule has 2 unspecified atom stereocenters. The lowest BCUT2D eigenvalue weighted by atomic mass is 9.93. The molecule has 0 aliphatic carbocycles. The zero-order valence-corrected chi connectivity index (χ0v) is 37.0. The first-order chi connectivity index (χ1) is 26.3. The van der Waals surface area contributed by atoms with Crippen LogP contribution in [0.3, 0.4) is 0 Å². The Kier molecular flexibility index (Phi) is 20.2. The molecule has 54 heavy (non-hydrogen) atoms. The summed E-state index contributed by atoms with van der Waals surface area (Å²) in [6.45, 7) is 14.8. The molecule has 0 saturated carbocycles. The van der Waals surface area contributed by atoms with Gasteiger partial charge in [0.1, 0.15) is 0 Å². The van der Waals surface area contributed by atoms with Crippen LogP contribution in [0.2, 0.25) is 0 Å². The monoisotopic (exact) mass is 777 g/mol. The summed E-state index contributed by atoms with van der Waals surface area (Å²) in [5.74, 6) is 0.993. The van der Waals surface area contributed by atoms with Gasteiger partial charge in [0.15, 0.2) is 0 Å². The van der Waals surface area contributed by atoms with Crippen molar-refractivity contribution in [1.82, 2.24) is 9.80 Å². The molecule has 2 atom stereocenters. The Balaban J connectivity index is 1.69. The molecular formula is C48H76N2O2S2. The number of fused-ring (bicyclic) bond motifs is 1. The van der Waals surface area contributed by atoms with Gasteiger partial charge in [0, 0.05) is 13.1 Å². The lowest BCUT2D eigenvalue weighted by Gasteiger charge is -2.29. The van der Waals surface area contributed by atoms with E-state index in [1.165, 1.54) is 140 Å². The zero-order chi connectivity index (χ0) is 38.7. The summed E-state index contributed by atoms with van der Waals surface area (Å²) in [6.07, 6.45) is 30.0. The van der Waals surface area contributed by atoms with Gasteiger partial charge in [-0.05, 0) is 85.4 Å². The van der Waals surface area contributed by atoms with Crippen molar-refractivity contribution in [1.29, 1.82) is 0 Å². The number of carbonyl (C=O) groups excluding carboxylic acids is 2. The summed E-state index contributed by atoms with van der Waals surface area (Å²) < 4.78 is 0. The summed E-state index contributed by atoms with van der Waals surface area (Å²) in [5.41, 5.74) is 5.52. The first kappa shape index (κ1) is 44.5. The van der Waals surface area contributed by atoms with E-state index in [9.17, 15) is 0 Å². The molecule has 0 bridgehead atoms. The van der Waals surface area contributed by atoms with E-state index >= 15 is 9.59 Å². The highest BCUT2D eigenvalue weighted by Gasteiger charge is 2.50. The predicted octanol–water partition coefficient (Wildman–Crippen LogP) is 14.9. The van der Waals surface area contributed by atoms with Gasteiger partial charge in [-0.15, -0.1) is 22.7 Å². The van der Waals surface area contributed by atoms with Gasteiger partial charge in [0.25, 0.3) is 11.8 Å². The maximum absolute atomic E-state index is 15.1. The number of rotatable bonds is 30. The van der Waals surface area contributed by atoms with E-state index in [0.717, 1.165) is 46.8 Å². The highest BCUT2D eigenvalue weighted by atomic mass is 32.1. The van der Waals surface area contributed by atoms with Gasteiger partial charge in [-0.3, -0.25) is 9.59 Å². The van der Waals surface area contributed by atoms with Crippen LogP contribution in [0.4, 0.5) is 0 Å². The van der Waals surface area contributed by atoms with Crippen LogP contribution < -0.4 is 0 Å². The fraction of sp³-hybridized carbons (Fsp3) is 0.708. The second-order valence-electron chi connectivity index (χ2n) is 16.8. The summed E-state index contributed by atoms with van der Waals surface area (Å²) in [5, 5.41) is 4.36. The van der Waals surface area contributed by atoms with E-state index in [0.29, 0.717) is 36.1 Å². The number of hydrogen-bond donors (Lipinski definition) is 0. The Morgan fingerprint density at radius 3 is 1.06 bits per heavy atom. The number of hydrogen-bond acceptors (Lipinski definition) is 4. The van der Waals surface area contributed by atoms with Gasteiger partial charge >= 0.3 is 0 Å². The first-order valence-corrected chi connectivity index (χ1v) is 24.3. The van der Waals surface area contributed by atoms with Crippen molar-refractivity contribution in [3.63, 3.8) is 0 Å². The molecule has 2 aliphatic heterocycles. The Morgan fingerprint density at radius 1 is 0.463 bits per heavy atom. The lowest BCUT2D eigenvalue weighted by Crippen LogP contribution is -2.34. The Hall–Kier alpha value is -2.18. The molecule has 302 valence electrons. The molecule has 6 heteroatoms. The molecule has 2 amide bonds. The van der Waals surface area contributed by atoms with Gasteiger partial charge < -0.3 is 9.80 Å². The van der Waals surface area contributed by atoms with Crippen molar-refractivity contribution >= 4 is 45.9 Å². The normalized spacial score (nSPS) is 15.7. The molecule has 2 aliphatic rings. The van der Waals surface area contributed by atoms with Crippen molar-refractivity contribution in [2.24, 2.45) is 11.8 Å². The quantitative estimate of drug-likeness (QED) is 0.0742. The minimum Gasteiger partial charge on any atom is -0.306 e. The SMILES string of the molecule is CCCCCCCCC(CCCCCC)CN1C(=O)C2=C(c3cc(C)cs3)N(CC(CCCCCC)CCCCCCCC)C(=O)C2=C1c1cc(C)cs1. The van der Waals surface area contributed by atoms with Crippen LogP contribution in [-0.2, 0) is 9.59 Å². The lowest BCUT2D eigenvalue weighted by molar-refractivity contribution is -0.124. The fourth-order valence-electron chi connectivity index (χ4n) is 8.68. The summed E-state index contributed by atoms with van der Waals surface area (Å²) in [4.78, 5) is 36.5. The van der Waals surface area contributed by atoms with Crippen LogP contribution in [0.15, 0.2) is 34.0 Å². The number of aryl methyl sites for hydroxylation is 2. The second-order valence-corrected chi connectivity index (χ2v) is 18.6. The number of carbonyl (C=O) groups is 2. The molecule has 2 aromatic heterocycles. The van der Waals surface area contributed by atoms with Crippen molar-refractivity contribution < 1.29 is 9.59 Å². The second kappa shape index (κ2) is 24.5. The van der Waals surface area contributed by atoms with E-state index in [2.05, 4.69) is 74.2 Å². The zero-order valence-electron chi connectivity index (χ0n) is 35.4. The smallest absolute Gasteiger partial charge is 0.261 e. The Labute approximate surface area is 339 Å². The highest BCUT2D eigenvalue weighted by molar-refractivity contribution is 7.11. The number of unbranched alkanes of at least 4 members (excludes halogenated alkanes) is 16. The van der Waals surface area contributed by atoms with Crippen molar-refractivity contribution in [2.75, 3.05) is 13.1 Å². The highest BCUT2D eigenvalue weighted by Crippen LogP contribution is 2.49. The van der Waals surface area contributed by atoms with Crippen molar-refractivity contribution in [3.05, 3.63) is 54.9 Å². The number of amides is 2. The fourth-order valence-corrected chi connectivity index (χ4v) is 10.6. The van der Waals surface area contributed by atoms with Gasteiger partial charge in [-0.25, -0.2) is 0 Å². The van der Waals surface area contributed by atoms with Gasteiger partial charge in [0.05, 0.1) is 32.3 Å². The van der Waals surface area contributed by atoms with Gasteiger partial charge in [-0.1, -0.05) is 156 Å². The largest absolute Gasteiger partial charge is 0.306 e. The molecule has 0 aromatic carbocycles. The van der Waals surface area contributed by atoms with E-state index in [1.54, 1.807) is 22.7 Å². The minimum absolute atomic E-state index is 0.0554. The van der Waals surface area contributed by atoms with Crippen LogP contribution in [-0.4, -0.2) is 34.7 Å². The minimum atomic E-state index is 0.0554. The topological polar surface area (TPSA) is 40.6 Å². The molecule has 2 aromatic rings. The third-order valence-corrected chi connectivity index (χ3v) is 14.0. The molecule has 0 fully saturated rings. The van der Waals surface area contributed by atoms with Gasteiger partial charge in [-0.2, -0.15) is 0 Å². The molecular weight excluding hydrogens is 701 g/mol. The molecule has 0 radical (unpaired) electrons. The third-order valence-electron chi connectivity index (χ3n) is 11.9. The number of nitrogens with zero attached hydrogens (tertiary/aromatic N) is 2. The maximum Gasteiger partial charge on any atom is 0.261 e. The average molecular weight is 777 g/mol. The standard InChI is InChI=1S/C48H76N2O2S2/c1-7-11-15-19-21-25-29-39(27-23-17-13-9-3)33-49-45(41-31-37(5)35-53-41)43-44(47(49)51)46(42-32-38(6)36-54-42)50(48(43)52)34-40(28-24-18-14-10-4)30-26-22-20-16-12-8-2/h31-32,35-36,39-40H,7-30,33-34H2,1-6H3. The molecule has 4 nitrogen and oxygen atoms in total. The van der Waals surface area contributed by atoms with Crippen LogP contribution in [0.25, 0.3) is 11.4 Å². The van der Waals surface area contributed by atoms with E-state index in [1.807, 2.05) is 0 Å². The van der Waals surface area contributed by atoms with Crippen molar-refractivity contribution in [3.8, 4) is 0 Å². The van der Waals surface area contributed by atoms with Crippen LogP contribution in [0.1, 0.15) is 203 Å².